The third-order valence-electron chi connectivity index (χ3n) is 6.55. The van der Waals surface area contributed by atoms with Crippen molar-refractivity contribution in [2.24, 2.45) is 0 Å². The zero-order chi connectivity index (χ0) is 24.7. The smallest absolute Gasteiger partial charge is 0.251 e. The summed E-state index contributed by atoms with van der Waals surface area (Å²) in [4.78, 5) is 21.0. The highest BCUT2D eigenvalue weighted by atomic mass is 32.2. The van der Waals surface area contributed by atoms with E-state index in [0.717, 1.165) is 55.2 Å². The summed E-state index contributed by atoms with van der Waals surface area (Å²) < 4.78 is 5.92. The molecule has 0 bridgehead atoms. The Morgan fingerprint density at radius 3 is 2.56 bits per heavy atom. The number of carbonyl (C=O) groups is 1. The molecule has 1 aliphatic heterocycles. The summed E-state index contributed by atoms with van der Waals surface area (Å²) in [7, 11) is 0. The molecule has 1 N–H and O–H groups in total. The Morgan fingerprint density at radius 1 is 1.00 bits per heavy atom. The number of aromatic nitrogens is 1. The summed E-state index contributed by atoms with van der Waals surface area (Å²) >= 11 is 1.74. The minimum atomic E-state index is -0.0472. The molecule has 1 aromatic heterocycles. The topological polar surface area (TPSA) is 58.4 Å². The number of benzene rings is 3. The van der Waals surface area contributed by atoms with E-state index in [1.807, 2.05) is 49.4 Å². The first-order valence-corrected chi connectivity index (χ1v) is 13.5. The maximum absolute atomic E-state index is 12.6. The molecule has 0 atom stereocenters. The van der Waals surface area contributed by atoms with Gasteiger partial charge in [0.15, 0.2) is 0 Å². The van der Waals surface area contributed by atoms with Crippen molar-refractivity contribution in [1.29, 1.82) is 0 Å². The van der Waals surface area contributed by atoms with Crippen molar-refractivity contribution in [2.45, 2.75) is 37.0 Å². The Labute approximate surface area is 216 Å². The fourth-order valence-electron chi connectivity index (χ4n) is 4.47. The van der Waals surface area contributed by atoms with Crippen LogP contribution in [0.2, 0.25) is 0 Å². The summed E-state index contributed by atoms with van der Waals surface area (Å²) in [6.45, 7) is 5.68. The van der Waals surface area contributed by atoms with E-state index < -0.39 is 0 Å². The molecule has 1 aliphatic rings. The second kappa shape index (κ2) is 11.6. The molecule has 4 aromatic rings. The fourth-order valence-corrected chi connectivity index (χ4v) is 5.39. The Hall–Kier alpha value is -3.35. The highest BCUT2D eigenvalue weighted by Crippen LogP contribution is 2.27. The van der Waals surface area contributed by atoms with E-state index in [0.29, 0.717) is 18.0 Å². The lowest BCUT2D eigenvalue weighted by Crippen LogP contribution is -2.33. The monoisotopic (exact) mass is 497 g/mol. The van der Waals surface area contributed by atoms with Crippen molar-refractivity contribution in [1.82, 2.24) is 15.2 Å². The summed E-state index contributed by atoms with van der Waals surface area (Å²) in [5, 5.41) is 3.06. The molecule has 5 rings (SSSR count). The van der Waals surface area contributed by atoms with E-state index >= 15 is 0 Å². The molecule has 5 nitrogen and oxygen atoms in total. The van der Waals surface area contributed by atoms with Gasteiger partial charge in [0.2, 0.25) is 5.89 Å². The van der Waals surface area contributed by atoms with Gasteiger partial charge in [-0.15, -0.1) is 11.8 Å². The fraction of sp³-hybridized carbons (Fsp3) is 0.267. The number of amides is 1. The number of hydrogen-bond donors (Lipinski definition) is 1. The van der Waals surface area contributed by atoms with Crippen LogP contribution in [-0.4, -0.2) is 35.4 Å². The quantitative estimate of drug-likeness (QED) is 0.223. The first-order valence-electron chi connectivity index (χ1n) is 12.5. The Morgan fingerprint density at radius 2 is 1.75 bits per heavy atom. The molecule has 0 spiro atoms. The number of carbonyl (C=O) groups excluding carboxylic acids is 1. The molecule has 3 aromatic carbocycles. The third kappa shape index (κ3) is 6.07. The maximum Gasteiger partial charge on any atom is 0.251 e. The predicted molar refractivity (Wildman–Crippen MR) is 145 cm³/mol. The van der Waals surface area contributed by atoms with E-state index in [4.69, 9.17) is 9.40 Å². The molecular formula is C30H31N3O2S. The van der Waals surface area contributed by atoms with E-state index in [-0.39, 0.29) is 5.91 Å². The predicted octanol–water partition coefficient (Wildman–Crippen LogP) is 6.12. The van der Waals surface area contributed by atoms with Gasteiger partial charge in [-0.2, -0.15) is 0 Å². The van der Waals surface area contributed by atoms with Gasteiger partial charge >= 0.3 is 0 Å². The molecule has 6 heteroatoms. The highest BCUT2D eigenvalue weighted by molar-refractivity contribution is 7.98. The van der Waals surface area contributed by atoms with Crippen molar-refractivity contribution in [3.05, 3.63) is 107 Å². The van der Waals surface area contributed by atoms with Crippen LogP contribution in [0.25, 0.3) is 11.5 Å². The summed E-state index contributed by atoms with van der Waals surface area (Å²) in [5.74, 6) is 2.12. The number of rotatable bonds is 9. The van der Waals surface area contributed by atoms with Crippen LogP contribution in [0, 0.1) is 6.92 Å². The van der Waals surface area contributed by atoms with Gasteiger partial charge in [-0.05, 0) is 67.3 Å². The molecule has 0 unspecified atom stereocenters. The van der Waals surface area contributed by atoms with Crippen LogP contribution in [0.4, 0.5) is 0 Å². The largest absolute Gasteiger partial charge is 0.441 e. The van der Waals surface area contributed by atoms with Gasteiger partial charge in [-0.3, -0.25) is 9.69 Å². The van der Waals surface area contributed by atoms with E-state index in [2.05, 4.69) is 46.6 Å². The van der Waals surface area contributed by atoms with Gasteiger partial charge in [-0.25, -0.2) is 4.98 Å². The lowest BCUT2D eigenvalue weighted by Gasteiger charge is -2.28. The molecule has 184 valence electrons. The maximum atomic E-state index is 12.6. The Balaban J connectivity index is 1.09. The number of oxazole rings is 1. The molecule has 1 amide bonds. The molecule has 0 fully saturated rings. The molecule has 0 radical (unpaired) electrons. The highest BCUT2D eigenvalue weighted by Gasteiger charge is 2.16. The van der Waals surface area contributed by atoms with Gasteiger partial charge in [0.1, 0.15) is 5.76 Å². The van der Waals surface area contributed by atoms with Gasteiger partial charge in [0.05, 0.1) is 5.69 Å². The number of thioether (sulfide) groups is 1. The number of nitrogens with zero attached hydrogens (tertiary/aromatic N) is 2. The normalized spacial score (nSPS) is 13.4. The van der Waals surface area contributed by atoms with Crippen molar-refractivity contribution in [2.75, 3.05) is 19.6 Å². The van der Waals surface area contributed by atoms with E-state index in [9.17, 15) is 4.79 Å². The van der Waals surface area contributed by atoms with Crippen LogP contribution in [-0.2, 0) is 18.7 Å². The van der Waals surface area contributed by atoms with Crippen LogP contribution in [0.15, 0.2) is 88.2 Å². The molecule has 0 aliphatic carbocycles. The van der Waals surface area contributed by atoms with E-state index in [1.165, 1.54) is 16.0 Å². The Bertz CT molecular complexity index is 1300. The summed E-state index contributed by atoms with van der Waals surface area (Å²) in [6.07, 6.45) is 2.04. The molecule has 0 saturated carbocycles. The SMILES string of the molecule is Cc1oc(-c2ccc(C(=O)NCCCN3CCc4ccccc4C3)cc2)nc1CSc1ccccc1. The van der Waals surface area contributed by atoms with Gasteiger partial charge in [0, 0.05) is 48.0 Å². The zero-order valence-electron chi connectivity index (χ0n) is 20.6. The third-order valence-corrected chi connectivity index (χ3v) is 7.58. The van der Waals surface area contributed by atoms with Crippen molar-refractivity contribution in [3.8, 4) is 11.5 Å². The van der Waals surface area contributed by atoms with Gasteiger partial charge in [0.25, 0.3) is 5.91 Å². The van der Waals surface area contributed by atoms with Crippen molar-refractivity contribution >= 4 is 17.7 Å². The van der Waals surface area contributed by atoms with Crippen LogP contribution in [0.3, 0.4) is 0 Å². The number of nitrogens with one attached hydrogen (secondary N) is 1. The van der Waals surface area contributed by atoms with Crippen LogP contribution < -0.4 is 5.32 Å². The first-order chi connectivity index (χ1) is 17.7. The van der Waals surface area contributed by atoms with Crippen LogP contribution in [0.5, 0.6) is 0 Å². The summed E-state index contributed by atoms with van der Waals surface area (Å²) in [6, 6.07) is 26.4. The number of aryl methyl sites for hydroxylation is 1. The molecule has 2 heterocycles. The second-order valence-electron chi connectivity index (χ2n) is 9.11. The number of hydrogen-bond acceptors (Lipinski definition) is 5. The Kier molecular flexibility index (Phi) is 7.84. The lowest BCUT2D eigenvalue weighted by molar-refractivity contribution is 0.0951. The van der Waals surface area contributed by atoms with E-state index in [1.54, 1.807) is 11.8 Å². The first kappa shape index (κ1) is 24.3. The number of fused-ring (bicyclic) bond motifs is 1. The average Bonchev–Trinajstić information content (AvgIpc) is 3.30. The second-order valence-corrected chi connectivity index (χ2v) is 10.2. The molecular weight excluding hydrogens is 466 g/mol. The molecule has 36 heavy (non-hydrogen) atoms. The lowest BCUT2D eigenvalue weighted by atomic mass is 10.00. The average molecular weight is 498 g/mol. The molecule has 0 saturated heterocycles. The minimum absolute atomic E-state index is 0.0472. The van der Waals surface area contributed by atoms with Crippen LogP contribution >= 0.6 is 11.8 Å². The van der Waals surface area contributed by atoms with Gasteiger partial charge in [-0.1, -0.05) is 42.5 Å². The van der Waals surface area contributed by atoms with Crippen molar-refractivity contribution < 1.29 is 9.21 Å². The summed E-state index contributed by atoms with van der Waals surface area (Å²) in [5.41, 5.74) is 5.35. The van der Waals surface area contributed by atoms with Crippen LogP contribution in [0.1, 0.15) is 39.4 Å². The zero-order valence-corrected chi connectivity index (χ0v) is 21.4. The van der Waals surface area contributed by atoms with Gasteiger partial charge < -0.3 is 9.73 Å². The van der Waals surface area contributed by atoms with Crippen molar-refractivity contribution in [3.63, 3.8) is 0 Å². The minimum Gasteiger partial charge on any atom is -0.441 e. The standard InChI is InChI=1S/C30H31N3O2S/c1-22-28(21-36-27-10-3-2-4-11-27)32-30(35-22)25-14-12-24(13-15-25)29(34)31-17-7-18-33-19-16-23-8-5-6-9-26(23)20-33/h2-6,8-15H,7,16-21H2,1H3,(H,31,34).